The monoisotopic (exact) mass is 316 g/mol. The third-order valence-electron chi connectivity index (χ3n) is 4.58. The van der Waals surface area contributed by atoms with Crippen molar-refractivity contribution in [1.82, 2.24) is 10.6 Å². The third-order valence-corrected chi connectivity index (χ3v) is 6.76. The number of rotatable bonds is 5. The summed E-state index contributed by atoms with van der Waals surface area (Å²) in [4.78, 5) is 12.0. The van der Waals surface area contributed by atoms with Crippen LogP contribution in [-0.2, 0) is 14.6 Å². The first-order chi connectivity index (χ1) is 10.1. The molecule has 0 aromatic heterocycles. The van der Waals surface area contributed by atoms with Crippen molar-refractivity contribution in [3.8, 4) is 0 Å². The van der Waals surface area contributed by atoms with Gasteiger partial charge in [-0.05, 0) is 25.7 Å². The summed E-state index contributed by atoms with van der Waals surface area (Å²) in [6.45, 7) is 1.24. The topological polar surface area (TPSA) is 75.3 Å². The van der Waals surface area contributed by atoms with Gasteiger partial charge in [-0.3, -0.25) is 4.79 Å². The minimum Gasteiger partial charge on any atom is -0.354 e. The molecular formula is C15H28N2O3S. The van der Waals surface area contributed by atoms with E-state index >= 15 is 0 Å². The summed E-state index contributed by atoms with van der Waals surface area (Å²) >= 11 is 0. The molecule has 0 spiro atoms. The molecule has 0 bridgehead atoms. The third kappa shape index (κ3) is 5.25. The quantitative estimate of drug-likeness (QED) is 0.593. The van der Waals surface area contributed by atoms with Crippen LogP contribution in [0.5, 0.6) is 0 Å². The van der Waals surface area contributed by atoms with Gasteiger partial charge in [0, 0.05) is 19.1 Å². The van der Waals surface area contributed by atoms with E-state index in [2.05, 4.69) is 10.6 Å². The number of hydrogen-bond acceptors (Lipinski definition) is 4. The zero-order chi connectivity index (χ0) is 15.1. The van der Waals surface area contributed by atoms with E-state index in [4.69, 9.17) is 0 Å². The van der Waals surface area contributed by atoms with Gasteiger partial charge in [0.2, 0.25) is 5.91 Å². The van der Waals surface area contributed by atoms with Gasteiger partial charge in [-0.15, -0.1) is 0 Å². The highest BCUT2D eigenvalue weighted by atomic mass is 32.2. The smallest absolute Gasteiger partial charge is 0.238 e. The van der Waals surface area contributed by atoms with Crippen LogP contribution in [-0.4, -0.2) is 44.5 Å². The summed E-state index contributed by atoms with van der Waals surface area (Å²) in [5, 5.41) is 5.44. The molecular weight excluding hydrogens is 288 g/mol. The van der Waals surface area contributed by atoms with Gasteiger partial charge in [0.15, 0.2) is 9.84 Å². The Morgan fingerprint density at radius 3 is 2.24 bits per heavy atom. The molecule has 0 radical (unpaired) electrons. The van der Waals surface area contributed by atoms with Gasteiger partial charge in [-0.25, -0.2) is 8.42 Å². The van der Waals surface area contributed by atoms with Crippen LogP contribution in [0.15, 0.2) is 0 Å². The van der Waals surface area contributed by atoms with E-state index in [9.17, 15) is 13.2 Å². The highest BCUT2D eigenvalue weighted by molar-refractivity contribution is 7.92. The number of carbonyl (C=O) groups is 1. The van der Waals surface area contributed by atoms with Gasteiger partial charge in [-0.1, -0.05) is 32.1 Å². The first-order valence-electron chi connectivity index (χ1n) is 8.32. The Kier molecular flexibility index (Phi) is 6.48. The van der Waals surface area contributed by atoms with E-state index in [1.807, 2.05) is 0 Å². The van der Waals surface area contributed by atoms with Crippen LogP contribution >= 0.6 is 0 Å². The molecule has 122 valence electrons. The fourth-order valence-electron chi connectivity index (χ4n) is 3.31. The summed E-state index contributed by atoms with van der Waals surface area (Å²) in [5.74, 6) is -0.150. The van der Waals surface area contributed by atoms with Crippen LogP contribution in [0.2, 0.25) is 0 Å². The second-order valence-corrected chi connectivity index (χ2v) is 8.59. The maximum atomic E-state index is 12.0. The Hall–Kier alpha value is -0.620. The number of sulfone groups is 1. The molecule has 0 aromatic carbocycles. The van der Waals surface area contributed by atoms with E-state index in [-0.39, 0.29) is 11.7 Å². The lowest BCUT2D eigenvalue weighted by atomic mass is 10.1. The van der Waals surface area contributed by atoms with Gasteiger partial charge in [0.1, 0.15) is 5.25 Å². The van der Waals surface area contributed by atoms with Gasteiger partial charge < -0.3 is 10.6 Å². The summed E-state index contributed by atoms with van der Waals surface area (Å²) in [5.41, 5.74) is 0. The van der Waals surface area contributed by atoms with Crippen molar-refractivity contribution < 1.29 is 13.2 Å². The van der Waals surface area contributed by atoms with E-state index in [0.717, 1.165) is 13.0 Å². The SMILES string of the molecule is O=C(NCCNC1CCCCCC1)C1CCCCS1(=O)=O. The predicted octanol–water partition coefficient (Wildman–Crippen LogP) is 1.38. The average Bonchev–Trinajstić information content (AvgIpc) is 2.71. The van der Waals surface area contributed by atoms with Crippen LogP contribution < -0.4 is 10.6 Å². The molecule has 1 unspecified atom stereocenters. The van der Waals surface area contributed by atoms with Crippen molar-refractivity contribution in [2.75, 3.05) is 18.8 Å². The average molecular weight is 316 g/mol. The van der Waals surface area contributed by atoms with E-state index < -0.39 is 15.1 Å². The minimum absolute atomic E-state index is 0.158. The summed E-state index contributed by atoms with van der Waals surface area (Å²) in [6.07, 6.45) is 9.64. The highest BCUT2D eigenvalue weighted by Crippen LogP contribution is 2.19. The predicted molar refractivity (Wildman–Crippen MR) is 83.9 cm³/mol. The van der Waals surface area contributed by atoms with Gasteiger partial charge in [0.25, 0.3) is 0 Å². The van der Waals surface area contributed by atoms with Crippen molar-refractivity contribution in [3.05, 3.63) is 0 Å². The molecule has 1 aliphatic heterocycles. The zero-order valence-electron chi connectivity index (χ0n) is 12.8. The maximum Gasteiger partial charge on any atom is 0.238 e. The van der Waals surface area contributed by atoms with Crippen molar-refractivity contribution in [3.63, 3.8) is 0 Å². The maximum absolute atomic E-state index is 12.0. The Morgan fingerprint density at radius 2 is 1.57 bits per heavy atom. The lowest BCUT2D eigenvalue weighted by Gasteiger charge is -2.22. The second-order valence-electron chi connectivity index (χ2n) is 6.29. The van der Waals surface area contributed by atoms with Crippen molar-refractivity contribution in [2.24, 2.45) is 0 Å². The van der Waals surface area contributed by atoms with Crippen LogP contribution in [0.25, 0.3) is 0 Å². The molecule has 0 aromatic rings. The summed E-state index contributed by atoms with van der Waals surface area (Å²) in [7, 11) is -3.22. The van der Waals surface area contributed by atoms with E-state index in [1.54, 1.807) is 0 Å². The van der Waals surface area contributed by atoms with Crippen molar-refractivity contribution in [2.45, 2.75) is 69.1 Å². The van der Waals surface area contributed by atoms with Gasteiger partial charge in [-0.2, -0.15) is 0 Å². The largest absolute Gasteiger partial charge is 0.354 e. The van der Waals surface area contributed by atoms with E-state index in [0.29, 0.717) is 25.4 Å². The molecule has 6 heteroatoms. The van der Waals surface area contributed by atoms with Crippen LogP contribution in [0, 0.1) is 0 Å². The van der Waals surface area contributed by atoms with Gasteiger partial charge in [0.05, 0.1) is 5.75 Å². The molecule has 1 saturated carbocycles. The number of amides is 1. The van der Waals surface area contributed by atoms with Crippen molar-refractivity contribution in [1.29, 1.82) is 0 Å². The standard InChI is InChI=1S/C15H28N2O3S/c18-15(14-9-5-6-12-21(14,19)20)17-11-10-16-13-7-3-1-2-4-8-13/h13-14,16H,1-12H2,(H,17,18). The summed E-state index contributed by atoms with van der Waals surface area (Å²) < 4.78 is 23.7. The second kappa shape index (κ2) is 8.13. The Morgan fingerprint density at radius 1 is 0.905 bits per heavy atom. The fraction of sp³-hybridized carbons (Fsp3) is 0.933. The van der Waals surface area contributed by atoms with Crippen LogP contribution in [0.1, 0.15) is 57.8 Å². The number of carbonyl (C=O) groups excluding carboxylic acids is 1. The Balaban J connectivity index is 1.67. The lowest BCUT2D eigenvalue weighted by molar-refractivity contribution is -0.120. The normalized spacial score (nSPS) is 27.0. The van der Waals surface area contributed by atoms with Gasteiger partial charge >= 0.3 is 0 Å². The molecule has 5 nitrogen and oxygen atoms in total. The highest BCUT2D eigenvalue weighted by Gasteiger charge is 2.34. The lowest BCUT2D eigenvalue weighted by Crippen LogP contribution is -2.45. The molecule has 2 rings (SSSR count). The molecule has 1 saturated heterocycles. The molecule has 2 fully saturated rings. The number of nitrogens with one attached hydrogen (secondary N) is 2. The zero-order valence-corrected chi connectivity index (χ0v) is 13.6. The minimum atomic E-state index is -3.22. The molecule has 1 aliphatic carbocycles. The first kappa shape index (κ1) is 16.7. The fourth-order valence-corrected chi connectivity index (χ4v) is 5.13. The Labute approximate surface area is 128 Å². The Bertz CT molecular complexity index is 428. The molecule has 1 heterocycles. The van der Waals surface area contributed by atoms with Crippen molar-refractivity contribution >= 4 is 15.7 Å². The van der Waals surface area contributed by atoms with Crippen LogP contribution in [0.3, 0.4) is 0 Å². The van der Waals surface area contributed by atoms with E-state index in [1.165, 1.54) is 38.5 Å². The molecule has 2 aliphatic rings. The molecule has 1 amide bonds. The molecule has 2 N–H and O–H groups in total. The summed E-state index contributed by atoms with van der Waals surface area (Å²) in [6, 6.07) is 0.558. The number of hydrogen-bond donors (Lipinski definition) is 2. The van der Waals surface area contributed by atoms with Crippen LogP contribution in [0.4, 0.5) is 0 Å². The molecule has 21 heavy (non-hydrogen) atoms. The molecule has 1 atom stereocenters. The first-order valence-corrected chi connectivity index (χ1v) is 10.0.